The van der Waals surface area contributed by atoms with Crippen LogP contribution in [0.2, 0.25) is 0 Å². The molecule has 0 atom stereocenters. The first-order valence-corrected chi connectivity index (χ1v) is 8.30. The first-order chi connectivity index (χ1) is 9.96. The SMILES string of the molecule is O=S(=O)(c1cc(F)ccc1F)N1CC(Oc2nccs2)C1. The summed E-state index contributed by atoms with van der Waals surface area (Å²) in [6, 6.07) is 2.35. The monoisotopic (exact) mass is 332 g/mol. The zero-order valence-corrected chi connectivity index (χ0v) is 12.2. The highest BCUT2D eigenvalue weighted by Crippen LogP contribution is 2.27. The van der Waals surface area contributed by atoms with E-state index in [9.17, 15) is 17.2 Å². The van der Waals surface area contributed by atoms with Crippen LogP contribution in [0, 0.1) is 11.6 Å². The minimum atomic E-state index is -4.05. The van der Waals surface area contributed by atoms with Crippen LogP contribution in [0.15, 0.2) is 34.7 Å². The molecule has 0 spiro atoms. The Morgan fingerprint density at radius 1 is 1.33 bits per heavy atom. The third-order valence-corrected chi connectivity index (χ3v) is 5.51. The molecule has 1 aromatic heterocycles. The molecular formula is C12H10F2N2O3S2. The maximum atomic E-state index is 13.6. The number of hydrogen-bond donors (Lipinski definition) is 0. The Hall–Kier alpha value is -1.58. The Labute approximate surface area is 123 Å². The van der Waals surface area contributed by atoms with Gasteiger partial charge in [-0.1, -0.05) is 11.3 Å². The fourth-order valence-electron chi connectivity index (χ4n) is 1.90. The van der Waals surface area contributed by atoms with Crippen molar-refractivity contribution in [2.24, 2.45) is 0 Å². The van der Waals surface area contributed by atoms with Gasteiger partial charge in [0, 0.05) is 11.6 Å². The van der Waals surface area contributed by atoms with Crippen molar-refractivity contribution in [3.8, 4) is 5.19 Å². The van der Waals surface area contributed by atoms with Crippen molar-refractivity contribution < 1.29 is 21.9 Å². The molecular weight excluding hydrogens is 322 g/mol. The quantitative estimate of drug-likeness (QED) is 0.858. The van der Waals surface area contributed by atoms with Gasteiger partial charge in [0.05, 0.1) is 13.1 Å². The molecule has 0 amide bonds. The van der Waals surface area contributed by atoms with Crippen molar-refractivity contribution in [1.82, 2.24) is 9.29 Å². The van der Waals surface area contributed by atoms with Crippen LogP contribution in [-0.4, -0.2) is 36.9 Å². The molecule has 0 bridgehead atoms. The molecule has 3 rings (SSSR count). The Kier molecular flexibility index (Phi) is 3.64. The molecule has 0 unspecified atom stereocenters. The fourth-order valence-corrected chi connectivity index (χ4v) is 4.03. The summed E-state index contributed by atoms with van der Waals surface area (Å²) in [6.07, 6.45) is 1.25. The van der Waals surface area contributed by atoms with E-state index in [4.69, 9.17) is 4.74 Å². The number of halogens is 2. The van der Waals surface area contributed by atoms with Crippen molar-refractivity contribution in [2.45, 2.75) is 11.0 Å². The predicted molar refractivity (Wildman–Crippen MR) is 71.6 cm³/mol. The van der Waals surface area contributed by atoms with E-state index < -0.39 is 26.6 Å². The van der Waals surface area contributed by atoms with Crippen molar-refractivity contribution >= 4 is 21.4 Å². The maximum Gasteiger partial charge on any atom is 0.273 e. The highest BCUT2D eigenvalue weighted by molar-refractivity contribution is 7.89. The average Bonchev–Trinajstić information content (AvgIpc) is 2.88. The first kappa shape index (κ1) is 14.4. The van der Waals surface area contributed by atoms with Crippen LogP contribution in [0.4, 0.5) is 8.78 Å². The van der Waals surface area contributed by atoms with E-state index in [0.717, 1.165) is 16.4 Å². The normalized spacial score (nSPS) is 16.7. The molecule has 21 heavy (non-hydrogen) atoms. The number of rotatable bonds is 4. The highest BCUT2D eigenvalue weighted by Gasteiger charge is 2.39. The molecule has 0 saturated carbocycles. The van der Waals surface area contributed by atoms with Crippen LogP contribution in [0.5, 0.6) is 5.19 Å². The van der Waals surface area contributed by atoms with Crippen LogP contribution < -0.4 is 4.74 Å². The molecule has 112 valence electrons. The van der Waals surface area contributed by atoms with Gasteiger partial charge < -0.3 is 4.74 Å². The third kappa shape index (κ3) is 2.76. The van der Waals surface area contributed by atoms with Gasteiger partial charge in [-0.15, -0.1) is 0 Å². The lowest BCUT2D eigenvalue weighted by Crippen LogP contribution is -2.56. The number of sulfonamides is 1. The van der Waals surface area contributed by atoms with E-state index in [1.54, 1.807) is 11.6 Å². The summed E-state index contributed by atoms with van der Waals surface area (Å²) < 4.78 is 57.5. The van der Waals surface area contributed by atoms with Gasteiger partial charge in [0.2, 0.25) is 10.0 Å². The molecule has 5 nitrogen and oxygen atoms in total. The van der Waals surface area contributed by atoms with Gasteiger partial charge in [-0.2, -0.15) is 4.31 Å². The molecule has 0 aliphatic carbocycles. The Morgan fingerprint density at radius 3 is 2.76 bits per heavy atom. The van der Waals surface area contributed by atoms with Crippen LogP contribution in [0.25, 0.3) is 0 Å². The zero-order chi connectivity index (χ0) is 15.0. The van der Waals surface area contributed by atoms with E-state index in [2.05, 4.69) is 4.98 Å². The molecule has 1 aromatic carbocycles. The van der Waals surface area contributed by atoms with E-state index in [0.29, 0.717) is 11.3 Å². The van der Waals surface area contributed by atoms with Crippen molar-refractivity contribution in [1.29, 1.82) is 0 Å². The van der Waals surface area contributed by atoms with E-state index in [-0.39, 0.29) is 19.2 Å². The fraction of sp³-hybridized carbons (Fsp3) is 0.250. The van der Waals surface area contributed by atoms with Crippen LogP contribution in [-0.2, 0) is 10.0 Å². The van der Waals surface area contributed by atoms with E-state index in [1.165, 1.54) is 11.3 Å². The van der Waals surface area contributed by atoms with Gasteiger partial charge in [0.15, 0.2) is 0 Å². The van der Waals surface area contributed by atoms with E-state index in [1.807, 2.05) is 0 Å². The summed E-state index contributed by atoms with van der Waals surface area (Å²) >= 11 is 1.30. The minimum absolute atomic E-state index is 0.0812. The summed E-state index contributed by atoms with van der Waals surface area (Å²) in [4.78, 5) is 3.27. The number of thiazole rings is 1. The highest BCUT2D eigenvalue weighted by atomic mass is 32.2. The second kappa shape index (κ2) is 5.32. The first-order valence-electron chi connectivity index (χ1n) is 5.98. The maximum absolute atomic E-state index is 13.6. The van der Waals surface area contributed by atoms with Crippen molar-refractivity contribution in [3.63, 3.8) is 0 Å². The van der Waals surface area contributed by atoms with Gasteiger partial charge in [0.25, 0.3) is 5.19 Å². The summed E-state index contributed by atoms with van der Waals surface area (Å²) in [5, 5.41) is 2.19. The third-order valence-electron chi connectivity index (χ3n) is 3.00. The van der Waals surface area contributed by atoms with E-state index >= 15 is 0 Å². The lowest BCUT2D eigenvalue weighted by Gasteiger charge is -2.37. The molecule has 1 fully saturated rings. The molecule has 1 aliphatic heterocycles. The number of nitrogens with zero attached hydrogens (tertiary/aromatic N) is 2. The minimum Gasteiger partial charge on any atom is -0.464 e. The summed E-state index contributed by atoms with van der Waals surface area (Å²) in [5.74, 6) is -1.77. The topological polar surface area (TPSA) is 59.5 Å². The molecule has 1 aliphatic rings. The van der Waals surface area contributed by atoms with Crippen LogP contribution in [0.1, 0.15) is 0 Å². The molecule has 1 saturated heterocycles. The molecule has 2 aromatic rings. The second-order valence-corrected chi connectivity index (χ2v) is 7.20. The van der Waals surface area contributed by atoms with Crippen molar-refractivity contribution in [3.05, 3.63) is 41.4 Å². The number of ether oxygens (including phenoxy) is 1. The number of aromatic nitrogens is 1. The van der Waals surface area contributed by atoms with Gasteiger partial charge in [-0.05, 0) is 18.2 Å². The Morgan fingerprint density at radius 2 is 2.10 bits per heavy atom. The zero-order valence-electron chi connectivity index (χ0n) is 10.6. The summed E-state index contributed by atoms with van der Waals surface area (Å²) in [5.41, 5.74) is 0. The number of hydrogen-bond acceptors (Lipinski definition) is 5. The van der Waals surface area contributed by atoms with Crippen LogP contribution in [0.3, 0.4) is 0 Å². The van der Waals surface area contributed by atoms with Crippen LogP contribution >= 0.6 is 11.3 Å². The molecule has 0 radical (unpaired) electrons. The Bertz CT molecular complexity index is 744. The lowest BCUT2D eigenvalue weighted by molar-refractivity contribution is 0.0757. The van der Waals surface area contributed by atoms with Gasteiger partial charge in [-0.3, -0.25) is 0 Å². The van der Waals surface area contributed by atoms with Gasteiger partial charge in [-0.25, -0.2) is 22.2 Å². The number of benzene rings is 1. The summed E-state index contributed by atoms with van der Waals surface area (Å²) in [7, 11) is -4.05. The summed E-state index contributed by atoms with van der Waals surface area (Å²) in [6.45, 7) is 0.162. The lowest BCUT2D eigenvalue weighted by atomic mass is 10.2. The smallest absolute Gasteiger partial charge is 0.273 e. The molecule has 0 N–H and O–H groups in total. The second-order valence-electron chi connectivity index (χ2n) is 4.43. The predicted octanol–water partition coefficient (Wildman–Crippen LogP) is 1.87. The Balaban J connectivity index is 1.72. The largest absolute Gasteiger partial charge is 0.464 e. The van der Waals surface area contributed by atoms with Gasteiger partial charge >= 0.3 is 0 Å². The average molecular weight is 332 g/mol. The van der Waals surface area contributed by atoms with Gasteiger partial charge in [0.1, 0.15) is 22.6 Å². The van der Waals surface area contributed by atoms with Crippen molar-refractivity contribution in [2.75, 3.05) is 13.1 Å². The standard InChI is InChI=1S/C12H10F2N2O3S2/c13-8-1-2-10(14)11(5-8)21(17,18)16-6-9(7-16)19-12-15-3-4-20-12/h1-5,9H,6-7H2. The molecule has 2 heterocycles. The molecule has 9 heteroatoms.